The number of ether oxygens (including phenoxy) is 1. The molecule has 112 valence electrons. The SMILES string of the molecule is CCOC(=O)CCCCCN(C)C1CCCC1CN. The summed E-state index contributed by atoms with van der Waals surface area (Å²) in [5.74, 6) is 0.624. The monoisotopic (exact) mass is 270 g/mol. The minimum Gasteiger partial charge on any atom is -0.466 e. The van der Waals surface area contributed by atoms with Crippen molar-refractivity contribution in [3.63, 3.8) is 0 Å². The van der Waals surface area contributed by atoms with Gasteiger partial charge in [-0.05, 0) is 58.7 Å². The van der Waals surface area contributed by atoms with Gasteiger partial charge in [0, 0.05) is 12.5 Å². The number of carbonyl (C=O) groups is 1. The van der Waals surface area contributed by atoms with Gasteiger partial charge in [0.2, 0.25) is 0 Å². The van der Waals surface area contributed by atoms with E-state index in [-0.39, 0.29) is 5.97 Å². The van der Waals surface area contributed by atoms with Crippen LogP contribution in [0.4, 0.5) is 0 Å². The van der Waals surface area contributed by atoms with E-state index in [2.05, 4.69) is 11.9 Å². The van der Waals surface area contributed by atoms with Crippen LogP contribution in [-0.4, -0.2) is 43.7 Å². The summed E-state index contributed by atoms with van der Waals surface area (Å²) in [4.78, 5) is 13.7. The second-order valence-electron chi connectivity index (χ2n) is 5.59. The van der Waals surface area contributed by atoms with Crippen LogP contribution >= 0.6 is 0 Å². The summed E-state index contributed by atoms with van der Waals surface area (Å²) in [6.45, 7) is 4.27. The molecule has 0 amide bonds. The van der Waals surface area contributed by atoms with Gasteiger partial charge in [0.05, 0.1) is 6.61 Å². The molecule has 0 aromatic heterocycles. The first kappa shape index (κ1) is 16.4. The molecule has 0 aromatic rings. The first-order chi connectivity index (χ1) is 9.19. The van der Waals surface area contributed by atoms with E-state index in [4.69, 9.17) is 10.5 Å². The van der Waals surface area contributed by atoms with Crippen molar-refractivity contribution < 1.29 is 9.53 Å². The Morgan fingerprint density at radius 1 is 1.32 bits per heavy atom. The van der Waals surface area contributed by atoms with Crippen LogP contribution in [0.3, 0.4) is 0 Å². The van der Waals surface area contributed by atoms with Gasteiger partial charge in [0.25, 0.3) is 0 Å². The average Bonchev–Trinajstić information content (AvgIpc) is 2.86. The molecule has 0 saturated heterocycles. The van der Waals surface area contributed by atoms with Crippen molar-refractivity contribution in [2.45, 2.75) is 57.9 Å². The van der Waals surface area contributed by atoms with Crippen molar-refractivity contribution in [2.24, 2.45) is 11.7 Å². The van der Waals surface area contributed by atoms with Crippen LogP contribution in [0.1, 0.15) is 51.9 Å². The van der Waals surface area contributed by atoms with Crippen molar-refractivity contribution >= 4 is 5.97 Å². The minimum absolute atomic E-state index is 0.0603. The molecule has 4 nitrogen and oxygen atoms in total. The number of hydrogen-bond acceptors (Lipinski definition) is 4. The summed E-state index contributed by atoms with van der Waals surface area (Å²) in [5.41, 5.74) is 5.82. The molecule has 2 atom stereocenters. The zero-order chi connectivity index (χ0) is 14.1. The summed E-state index contributed by atoms with van der Waals surface area (Å²) >= 11 is 0. The Labute approximate surface area is 117 Å². The highest BCUT2D eigenvalue weighted by atomic mass is 16.5. The number of rotatable bonds is 9. The largest absolute Gasteiger partial charge is 0.466 e. The maximum Gasteiger partial charge on any atom is 0.305 e. The number of unbranched alkanes of at least 4 members (excludes halogenated alkanes) is 2. The molecule has 0 aliphatic heterocycles. The molecular weight excluding hydrogens is 240 g/mol. The fourth-order valence-corrected chi connectivity index (χ4v) is 3.08. The van der Waals surface area contributed by atoms with E-state index < -0.39 is 0 Å². The van der Waals surface area contributed by atoms with Crippen LogP contribution in [0.2, 0.25) is 0 Å². The molecule has 19 heavy (non-hydrogen) atoms. The fourth-order valence-electron chi connectivity index (χ4n) is 3.08. The summed E-state index contributed by atoms with van der Waals surface area (Å²) in [6, 6.07) is 0.676. The molecule has 0 bridgehead atoms. The Morgan fingerprint density at radius 3 is 2.79 bits per heavy atom. The molecule has 2 unspecified atom stereocenters. The lowest BCUT2D eigenvalue weighted by atomic mass is 10.0. The van der Waals surface area contributed by atoms with Crippen LogP contribution in [-0.2, 0) is 9.53 Å². The molecule has 4 heteroatoms. The van der Waals surface area contributed by atoms with E-state index in [1.54, 1.807) is 0 Å². The molecular formula is C15H30N2O2. The van der Waals surface area contributed by atoms with Gasteiger partial charge < -0.3 is 15.4 Å². The van der Waals surface area contributed by atoms with E-state index in [0.29, 0.717) is 25.0 Å². The van der Waals surface area contributed by atoms with Gasteiger partial charge in [-0.2, -0.15) is 0 Å². The summed E-state index contributed by atoms with van der Waals surface area (Å²) in [6.07, 6.45) is 7.66. The normalized spacial score (nSPS) is 22.9. The highest BCUT2D eigenvalue weighted by Crippen LogP contribution is 2.28. The van der Waals surface area contributed by atoms with Gasteiger partial charge in [0.15, 0.2) is 0 Å². The van der Waals surface area contributed by atoms with E-state index >= 15 is 0 Å². The zero-order valence-corrected chi connectivity index (χ0v) is 12.6. The third-order valence-corrected chi connectivity index (χ3v) is 4.18. The topological polar surface area (TPSA) is 55.6 Å². The molecule has 0 spiro atoms. The number of nitrogens with zero attached hydrogens (tertiary/aromatic N) is 1. The van der Waals surface area contributed by atoms with Crippen LogP contribution in [0.15, 0.2) is 0 Å². The fraction of sp³-hybridized carbons (Fsp3) is 0.933. The molecule has 1 aliphatic rings. The maximum atomic E-state index is 11.2. The predicted octanol–water partition coefficient (Wildman–Crippen LogP) is 2.17. The quantitative estimate of drug-likeness (QED) is 0.515. The predicted molar refractivity (Wildman–Crippen MR) is 77.9 cm³/mol. The van der Waals surface area contributed by atoms with Crippen LogP contribution < -0.4 is 5.73 Å². The van der Waals surface area contributed by atoms with Gasteiger partial charge in [0.1, 0.15) is 0 Å². The lowest BCUT2D eigenvalue weighted by molar-refractivity contribution is -0.143. The van der Waals surface area contributed by atoms with Crippen molar-refractivity contribution in [1.82, 2.24) is 4.90 Å². The van der Waals surface area contributed by atoms with E-state index in [1.807, 2.05) is 6.92 Å². The lowest BCUT2D eigenvalue weighted by Gasteiger charge is -2.29. The Hall–Kier alpha value is -0.610. The van der Waals surface area contributed by atoms with E-state index in [9.17, 15) is 4.79 Å². The molecule has 0 radical (unpaired) electrons. The Morgan fingerprint density at radius 2 is 2.11 bits per heavy atom. The number of nitrogens with two attached hydrogens (primary N) is 1. The number of hydrogen-bond donors (Lipinski definition) is 1. The van der Waals surface area contributed by atoms with Crippen molar-refractivity contribution in [3.8, 4) is 0 Å². The van der Waals surface area contributed by atoms with Crippen LogP contribution in [0.5, 0.6) is 0 Å². The lowest BCUT2D eigenvalue weighted by Crippen LogP contribution is -2.38. The third kappa shape index (κ3) is 5.91. The van der Waals surface area contributed by atoms with Crippen LogP contribution in [0, 0.1) is 5.92 Å². The van der Waals surface area contributed by atoms with E-state index in [1.165, 1.54) is 19.3 Å². The second kappa shape index (κ2) is 9.32. The smallest absolute Gasteiger partial charge is 0.305 e. The van der Waals surface area contributed by atoms with Gasteiger partial charge in [-0.1, -0.05) is 12.8 Å². The number of carbonyl (C=O) groups excluding carboxylic acids is 1. The molecule has 2 N–H and O–H groups in total. The second-order valence-corrected chi connectivity index (χ2v) is 5.59. The Balaban J connectivity index is 2.07. The zero-order valence-electron chi connectivity index (χ0n) is 12.6. The molecule has 0 heterocycles. The Kier molecular flexibility index (Phi) is 8.07. The molecule has 1 aliphatic carbocycles. The third-order valence-electron chi connectivity index (χ3n) is 4.18. The van der Waals surface area contributed by atoms with Gasteiger partial charge in [-0.3, -0.25) is 4.79 Å². The van der Waals surface area contributed by atoms with Crippen molar-refractivity contribution in [1.29, 1.82) is 0 Å². The standard InChI is InChI=1S/C15H30N2O2/c1-3-19-15(18)10-5-4-6-11-17(2)14-9-7-8-13(14)12-16/h13-14H,3-12,16H2,1-2H3. The number of esters is 1. The maximum absolute atomic E-state index is 11.2. The Bertz CT molecular complexity index is 259. The van der Waals surface area contributed by atoms with E-state index in [0.717, 1.165) is 32.4 Å². The molecule has 1 fully saturated rings. The summed E-state index contributed by atoms with van der Waals surface area (Å²) in [5, 5.41) is 0. The minimum atomic E-state index is -0.0603. The van der Waals surface area contributed by atoms with Crippen molar-refractivity contribution in [2.75, 3.05) is 26.7 Å². The molecule has 1 rings (SSSR count). The average molecular weight is 270 g/mol. The van der Waals surface area contributed by atoms with Gasteiger partial charge in [-0.25, -0.2) is 0 Å². The van der Waals surface area contributed by atoms with Crippen molar-refractivity contribution in [3.05, 3.63) is 0 Å². The first-order valence-corrected chi connectivity index (χ1v) is 7.75. The van der Waals surface area contributed by atoms with Gasteiger partial charge in [-0.15, -0.1) is 0 Å². The first-order valence-electron chi connectivity index (χ1n) is 7.75. The highest BCUT2D eigenvalue weighted by Gasteiger charge is 2.28. The highest BCUT2D eigenvalue weighted by molar-refractivity contribution is 5.69. The molecule has 1 saturated carbocycles. The van der Waals surface area contributed by atoms with Crippen LogP contribution in [0.25, 0.3) is 0 Å². The summed E-state index contributed by atoms with van der Waals surface area (Å²) in [7, 11) is 2.21. The summed E-state index contributed by atoms with van der Waals surface area (Å²) < 4.78 is 4.92. The van der Waals surface area contributed by atoms with Gasteiger partial charge >= 0.3 is 5.97 Å². The molecule has 0 aromatic carbocycles.